The first kappa shape index (κ1) is 25.3. The van der Waals surface area contributed by atoms with Gasteiger partial charge in [0.2, 0.25) is 5.91 Å². The van der Waals surface area contributed by atoms with Crippen LogP contribution in [0, 0.1) is 29.6 Å². The number of aromatic nitrogens is 2. The molecule has 0 unspecified atom stereocenters. The summed E-state index contributed by atoms with van der Waals surface area (Å²) in [6, 6.07) is 11.2. The molecule has 0 spiro atoms. The van der Waals surface area contributed by atoms with Crippen LogP contribution in [0.5, 0.6) is 5.75 Å². The van der Waals surface area contributed by atoms with E-state index in [1.165, 1.54) is 32.6 Å². The van der Waals surface area contributed by atoms with Crippen molar-refractivity contribution < 1.29 is 9.53 Å². The van der Waals surface area contributed by atoms with Crippen LogP contribution in [0.2, 0.25) is 0 Å². The second kappa shape index (κ2) is 11.7. The molecule has 0 radical (unpaired) electrons. The molecule has 2 aromatic heterocycles. The van der Waals surface area contributed by atoms with Crippen LogP contribution >= 0.6 is 23.1 Å². The van der Waals surface area contributed by atoms with Crippen LogP contribution in [0.15, 0.2) is 34.2 Å². The number of thioether (sulfide) groups is 1. The molecule has 34 heavy (non-hydrogen) atoms. The highest BCUT2D eigenvalue weighted by Crippen LogP contribution is 2.31. The molecule has 3 aromatic rings. The number of rotatable bonds is 10. The van der Waals surface area contributed by atoms with Crippen molar-refractivity contribution in [3.63, 3.8) is 0 Å². The van der Waals surface area contributed by atoms with Crippen molar-refractivity contribution in [3.05, 3.63) is 45.1 Å². The van der Waals surface area contributed by atoms with Gasteiger partial charge >= 0.3 is 0 Å². The smallest absolute Gasteiger partial charge is 0.267 e. The number of benzene rings is 1. The number of methoxy groups -OCH3 is 1. The van der Waals surface area contributed by atoms with Crippen LogP contribution in [0.3, 0.4) is 0 Å². The third-order valence-electron chi connectivity index (χ3n) is 5.33. The third kappa shape index (κ3) is 5.41. The van der Waals surface area contributed by atoms with Gasteiger partial charge in [0.1, 0.15) is 10.6 Å². The normalized spacial score (nSPS) is 10.6. The number of nitrogens with zero attached hydrogens (tertiary/aromatic N) is 5. The summed E-state index contributed by atoms with van der Waals surface area (Å²) in [5, 5.41) is 18.8. The van der Waals surface area contributed by atoms with Crippen LogP contribution in [0.4, 0.5) is 0 Å². The summed E-state index contributed by atoms with van der Waals surface area (Å²) < 4.78 is 6.86. The number of carbonyl (C=O) groups is 1. The Balaban J connectivity index is 2.05. The molecule has 0 aliphatic carbocycles. The molecule has 0 saturated heterocycles. The Labute approximate surface area is 206 Å². The molecule has 0 saturated carbocycles. The Kier molecular flexibility index (Phi) is 8.69. The highest BCUT2D eigenvalue weighted by Gasteiger charge is 2.21. The second-order valence-electron chi connectivity index (χ2n) is 7.41. The standard InChI is InChI=1S/C24H25N5O3S2/c1-4-19-16(2)21-22(34-19)27-24(29(23(21)31)17-8-5-9-18(14-17)32-3)33-15-20(30)28(12-6-10-25)13-7-11-26/h5,8-9,14H,4,6-7,12-13,15H2,1-3H3. The van der Waals surface area contributed by atoms with Crippen LogP contribution in [-0.2, 0) is 11.2 Å². The first-order valence-electron chi connectivity index (χ1n) is 10.8. The van der Waals surface area contributed by atoms with Gasteiger partial charge in [0.25, 0.3) is 5.56 Å². The molecule has 3 rings (SSSR count). The van der Waals surface area contributed by atoms with Crippen molar-refractivity contribution in [2.75, 3.05) is 26.0 Å². The van der Waals surface area contributed by atoms with Crippen molar-refractivity contribution >= 4 is 39.2 Å². The maximum absolute atomic E-state index is 13.7. The number of thiophene rings is 1. The lowest BCUT2D eigenvalue weighted by molar-refractivity contribution is -0.128. The van der Waals surface area contributed by atoms with Crippen LogP contribution in [-0.4, -0.2) is 46.3 Å². The van der Waals surface area contributed by atoms with E-state index in [2.05, 4.69) is 0 Å². The van der Waals surface area contributed by atoms with E-state index in [9.17, 15) is 9.59 Å². The fourth-order valence-corrected chi connectivity index (χ4v) is 5.64. The van der Waals surface area contributed by atoms with Gasteiger partial charge in [0.15, 0.2) is 5.16 Å². The number of carbonyl (C=O) groups excluding carboxylic acids is 1. The van der Waals surface area contributed by atoms with Crippen molar-refractivity contribution in [1.82, 2.24) is 14.5 Å². The number of hydrogen-bond donors (Lipinski definition) is 0. The number of ether oxygens (including phenoxy) is 1. The van der Waals surface area contributed by atoms with Gasteiger partial charge in [-0.25, -0.2) is 4.98 Å². The van der Waals surface area contributed by atoms with Gasteiger partial charge in [-0.2, -0.15) is 10.5 Å². The lowest BCUT2D eigenvalue weighted by Gasteiger charge is -2.20. The summed E-state index contributed by atoms with van der Waals surface area (Å²) in [4.78, 5) is 34.6. The second-order valence-corrected chi connectivity index (χ2v) is 9.43. The molecule has 10 heteroatoms. The van der Waals surface area contributed by atoms with E-state index >= 15 is 0 Å². The maximum atomic E-state index is 13.7. The Morgan fingerprint density at radius 3 is 2.59 bits per heavy atom. The zero-order chi connectivity index (χ0) is 24.7. The molecule has 8 nitrogen and oxygen atoms in total. The fourth-order valence-electron chi connectivity index (χ4n) is 3.57. The predicted molar refractivity (Wildman–Crippen MR) is 134 cm³/mol. The SMILES string of the molecule is CCc1sc2nc(SCC(=O)N(CCC#N)CCC#N)n(-c3cccc(OC)c3)c(=O)c2c1C. The van der Waals surface area contributed by atoms with E-state index in [1.54, 1.807) is 31.4 Å². The van der Waals surface area contributed by atoms with Gasteiger partial charge in [-0.15, -0.1) is 11.3 Å². The third-order valence-corrected chi connectivity index (χ3v) is 7.58. The van der Waals surface area contributed by atoms with Crippen molar-refractivity contribution in [2.24, 2.45) is 0 Å². The minimum Gasteiger partial charge on any atom is -0.497 e. The summed E-state index contributed by atoms with van der Waals surface area (Å²) in [5.41, 5.74) is 1.35. The van der Waals surface area contributed by atoms with Crippen LogP contribution in [0.1, 0.15) is 30.2 Å². The molecule has 0 bridgehead atoms. The number of hydrogen-bond acceptors (Lipinski definition) is 8. The van der Waals surface area contributed by atoms with Crippen molar-refractivity contribution in [1.29, 1.82) is 10.5 Å². The Morgan fingerprint density at radius 2 is 1.97 bits per heavy atom. The highest BCUT2D eigenvalue weighted by atomic mass is 32.2. The Morgan fingerprint density at radius 1 is 1.26 bits per heavy atom. The average Bonchev–Trinajstić information content (AvgIpc) is 3.18. The van der Waals surface area contributed by atoms with E-state index in [0.717, 1.165) is 16.9 Å². The molecule has 0 atom stereocenters. The molecular weight excluding hydrogens is 470 g/mol. The number of nitriles is 2. The van der Waals surface area contributed by atoms with E-state index in [1.807, 2.05) is 26.0 Å². The van der Waals surface area contributed by atoms with Gasteiger partial charge < -0.3 is 9.64 Å². The van der Waals surface area contributed by atoms with Gasteiger partial charge in [-0.1, -0.05) is 24.8 Å². The van der Waals surface area contributed by atoms with Gasteiger partial charge in [-0.05, 0) is 31.0 Å². The Hall–Kier alpha value is -3.34. The summed E-state index contributed by atoms with van der Waals surface area (Å²) in [6.45, 7) is 4.51. The molecule has 0 fully saturated rings. The quantitative estimate of drug-likeness (QED) is 0.308. The van der Waals surface area contributed by atoms with Crippen LogP contribution < -0.4 is 10.3 Å². The largest absolute Gasteiger partial charge is 0.497 e. The molecule has 1 aromatic carbocycles. The molecular formula is C24H25N5O3S2. The summed E-state index contributed by atoms with van der Waals surface area (Å²) in [6.07, 6.45) is 1.18. The Bertz CT molecular complexity index is 1320. The van der Waals surface area contributed by atoms with Gasteiger partial charge in [0.05, 0.1) is 48.9 Å². The molecule has 0 N–H and O–H groups in total. The van der Waals surface area contributed by atoms with E-state index < -0.39 is 0 Å². The molecule has 0 aliphatic heterocycles. The first-order valence-corrected chi connectivity index (χ1v) is 12.6. The topological polar surface area (TPSA) is 112 Å². The summed E-state index contributed by atoms with van der Waals surface area (Å²) >= 11 is 2.67. The average molecular weight is 496 g/mol. The monoisotopic (exact) mass is 495 g/mol. The fraction of sp³-hybridized carbons (Fsp3) is 0.375. The lowest BCUT2D eigenvalue weighted by atomic mass is 10.2. The molecule has 176 valence electrons. The number of aryl methyl sites for hydroxylation is 2. The highest BCUT2D eigenvalue weighted by molar-refractivity contribution is 7.99. The van der Waals surface area contributed by atoms with Gasteiger partial charge in [-0.3, -0.25) is 14.2 Å². The maximum Gasteiger partial charge on any atom is 0.267 e. The minimum atomic E-state index is -0.210. The van der Waals surface area contributed by atoms with E-state index in [0.29, 0.717) is 26.8 Å². The van der Waals surface area contributed by atoms with Crippen molar-refractivity contribution in [3.8, 4) is 23.6 Å². The number of amides is 1. The molecule has 0 aliphatic rings. The lowest BCUT2D eigenvalue weighted by Crippen LogP contribution is -2.34. The summed E-state index contributed by atoms with van der Waals surface area (Å²) in [7, 11) is 1.56. The minimum absolute atomic E-state index is 0.0315. The van der Waals surface area contributed by atoms with Gasteiger partial charge in [0, 0.05) is 24.0 Å². The zero-order valence-corrected chi connectivity index (χ0v) is 21.0. The van der Waals surface area contributed by atoms with E-state index in [-0.39, 0.29) is 43.2 Å². The molecule has 2 heterocycles. The van der Waals surface area contributed by atoms with Crippen LogP contribution in [0.25, 0.3) is 15.9 Å². The number of fused-ring (bicyclic) bond motifs is 1. The predicted octanol–water partition coefficient (Wildman–Crippen LogP) is 4.07. The molecule has 1 amide bonds. The zero-order valence-electron chi connectivity index (χ0n) is 19.3. The first-order chi connectivity index (χ1) is 16.4. The van der Waals surface area contributed by atoms with E-state index in [4.69, 9.17) is 20.2 Å². The van der Waals surface area contributed by atoms with Crippen molar-refractivity contribution in [2.45, 2.75) is 38.3 Å². The summed E-state index contributed by atoms with van der Waals surface area (Å²) in [5.74, 6) is 0.426.